The predicted octanol–water partition coefficient (Wildman–Crippen LogP) is 2.23. The van der Waals surface area contributed by atoms with E-state index in [4.69, 9.17) is 0 Å². The summed E-state index contributed by atoms with van der Waals surface area (Å²) in [6.45, 7) is 5.03. The predicted molar refractivity (Wildman–Crippen MR) is 98.8 cm³/mol. The van der Waals surface area contributed by atoms with Crippen molar-refractivity contribution in [3.05, 3.63) is 35.4 Å². The molecule has 0 bridgehead atoms. The molecule has 26 heavy (non-hydrogen) atoms. The molecule has 1 aliphatic carbocycles. The molecule has 1 aromatic rings. The van der Waals surface area contributed by atoms with Crippen LogP contribution >= 0.6 is 0 Å². The number of carbonyl (C=O) groups is 3. The molecule has 0 aromatic heterocycles. The van der Waals surface area contributed by atoms with E-state index in [1.807, 2.05) is 18.2 Å². The number of fused-ring (bicyclic) bond motifs is 1. The van der Waals surface area contributed by atoms with Gasteiger partial charge >= 0.3 is 5.97 Å². The largest absolute Gasteiger partial charge is 0.480 e. The zero-order valence-corrected chi connectivity index (χ0v) is 15.7. The highest BCUT2D eigenvalue weighted by molar-refractivity contribution is 5.89. The molecule has 2 rings (SSSR count). The average Bonchev–Trinajstić information content (AvgIpc) is 2.58. The van der Waals surface area contributed by atoms with Crippen molar-refractivity contribution in [3.63, 3.8) is 0 Å². The molecule has 6 nitrogen and oxygen atoms in total. The Hall–Kier alpha value is -2.37. The summed E-state index contributed by atoms with van der Waals surface area (Å²) in [5.41, 5.74) is 1.84. The van der Waals surface area contributed by atoms with Crippen LogP contribution in [0.2, 0.25) is 0 Å². The molecular formula is C20H28N2O4. The van der Waals surface area contributed by atoms with E-state index in [2.05, 4.69) is 16.7 Å². The van der Waals surface area contributed by atoms with Crippen LogP contribution in [0.25, 0.3) is 0 Å². The Morgan fingerprint density at radius 3 is 2.58 bits per heavy atom. The maximum absolute atomic E-state index is 12.1. The number of amides is 2. The summed E-state index contributed by atoms with van der Waals surface area (Å²) >= 11 is 0. The van der Waals surface area contributed by atoms with Crippen molar-refractivity contribution in [2.75, 3.05) is 6.54 Å². The molecule has 0 saturated carbocycles. The third kappa shape index (κ3) is 5.31. The summed E-state index contributed by atoms with van der Waals surface area (Å²) in [6.07, 6.45) is 3.29. The van der Waals surface area contributed by atoms with Crippen molar-refractivity contribution < 1.29 is 19.5 Å². The quantitative estimate of drug-likeness (QED) is 0.725. The van der Waals surface area contributed by atoms with Crippen LogP contribution in [0.4, 0.5) is 0 Å². The normalized spacial score (nSPS) is 17.7. The van der Waals surface area contributed by atoms with Crippen LogP contribution in [0.15, 0.2) is 24.3 Å². The Morgan fingerprint density at radius 1 is 1.23 bits per heavy atom. The van der Waals surface area contributed by atoms with Gasteiger partial charge in [0.05, 0.1) is 6.54 Å². The highest BCUT2D eigenvalue weighted by Gasteiger charge is 2.28. The van der Waals surface area contributed by atoms with Crippen LogP contribution in [0, 0.1) is 5.41 Å². The molecule has 2 unspecified atom stereocenters. The van der Waals surface area contributed by atoms with Crippen LogP contribution in [0.1, 0.15) is 57.1 Å². The smallest absolute Gasteiger partial charge is 0.326 e. The second-order valence-corrected chi connectivity index (χ2v) is 7.91. The van der Waals surface area contributed by atoms with E-state index in [-0.39, 0.29) is 18.4 Å². The number of carbonyl (C=O) groups excluding carboxylic acids is 2. The Bertz CT molecular complexity index is 679. The van der Waals surface area contributed by atoms with Gasteiger partial charge < -0.3 is 15.7 Å². The number of hydrogen-bond donors (Lipinski definition) is 3. The number of hydrogen-bond acceptors (Lipinski definition) is 3. The summed E-state index contributed by atoms with van der Waals surface area (Å²) in [5, 5.41) is 14.6. The van der Waals surface area contributed by atoms with E-state index >= 15 is 0 Å². The van der Waals surface area contributed by atoms with E-state index in [1.54, 1.807) is 20.8 Å². The number of aryl methyl sites for hydroxylation is 1. The van der Waals surface area contributed by atoms with Crippen molar-refractivity contribution >= 4 is 17.8 Å². The van der Waals surface area contributed by atoms with Gasteiger partial charge in [0, 0.05) is 5.41 Å². The van der Waals surface area contributed by atoms with E-state index in [9.17, 15) is 19.5 Å². The molecule has 2 atom stereocenters. The molecule has 0 spiro atoms. The lowest BCUT2D eigenvalue weighted by molar-refractivity contribution is -0.142. The van der Waals surface area contributed by atoms with Gasteiger partial charge in [-0.05, 0) is 42.7 Å². The molecule has 3 N–H and O–H groups in total. The lowest BCUT2D eigenvalue weighted by Crippen LogP contribution is -2.47. The fourth-order valence-corrected chi connectivity index (χ4v) is 3.28. The summed E-state index contributed by atoms with van der Waals surface area (Å²) in [4.78, 5) is 35.5. The number of nitrogens with one attached hydrogen (secondary N) is 2. The Kier molecular flexibility index (Phi) is 6.40. The van der Waals surface area contributed by atoms with Gasteiger partial charge in [0.25, 0.3) is 0 Å². The molecule has 142 valence electrons. The maximum Gasteiger partial charge on any atom is 0.326 e. The topological polar surface area (TPSA) is 95.5 Å². The van der Waals surface area contributed by atoms with E-state index < -0.39 is 23.3 Å². The standard InChI is InChI=1S/C20H28N2O4/c1-20(2,3)19(26)21-12-17(23)22-16(18(24)25)11-14-9-6-8-13-7-4-5-10-15(13)14/h4-5,7,10,14,16H,6,8-9,11-12H2,1-3H3,(H,21,26)(H,22,23)(H,24,25). The van der Waals surface area contributed by atoms with E-state index in [0.717, 1.165) is 19.3 Å². The molecule has 2 amide bonds. The molecule has 0 radical (unpaired) electrons. The molecule has 1 aromatic carbocycles. The molecule has 0 saturated heterocycles. The minimum Gasteiger partial charge on any atom is -0.480 e. The Labute approximate surface area is 154 Å². The fourth-order valence-electron chi connectivity index (χ4n) is 3.28. The first-order valence-electron chi connectivity index (χ1n) is 9.06. The third-order valence-electron chi connectivity index (χ3n) is 4.74. The molecule has 0 heterocycles. The maximum atomic E-state index is 12.1. The lowest BCUT2D eigenvalue weighted by Gasteiger charge is -2.28. The second kappa shape index (κ2) is 8.34. The van der Waals surface area contributed by atoms with E-state index in [1.165, 1.54) is 11.1 Å². The van der Waals surface area contributed by atoms with Gasteiger partial charge in [-0.1, -0.05) is 45.0 Å². The van der Waals surface area contributed by atoms with Gasteiger partial charge in [-0.2, -0.15) is 0 Å². The zero-order valence-electron chi connectivity index (χ0n) is 15.7. The summed E-state index contributed by atoms with van der Waals surface area (Å²) < 4.78 is 0. The second-order valence-electron chi connectivity index (χ2n) is 7.91. The highest BCUT2D eigenvalue weighted by atomic mass is 16.4. The van der Waals surface area contributed by atoms with Crippen molar-refractivity contribution in [1.29, 1.82) is 0 Å². The van der Waals surface area contributed by atoms with E-state index in [0.29, 0.717) is 6.42 Å². The Morgan fingerprint density at radius 2 is 1.92 bits per heavy atom. The first kappa shape index (κ1) is 19.9. The van der Waals surface area contributed by atoms with Crippen molar-refractivity contribution in [2.45, 2.75) is 58.4 Å². The zero-order chi connectivity index (χ0) is 19.3. The highest BCUT2D eigenvalue weighted by Crippen LogP contribution is 2.34. The van der Waals surface area contributed by atoms with Crippen molar-refractivity contribution in [3.8, 4) is 0 Å². The average molecular weight is 360 g/mol. The van der Waals surface area contributed by atoms with Crippen molar-refractivity contribution in [2.24, 2.45) is 5.41 Å². The van der Waals surface area contributed by atoms with Crippen LogP contribution in [0.5, 0.6) is 0 Å². The molecule has 0 fully saturated rings. The molecule has 0 aliphatic heterocycles. The fraction of sp³-hybridized carbons (Fsp3) is 0.550. The van der Waals surface area contributed by atoms with Gasteiger partial charge in [0.2, 0.25) is 11.8 Å². The molecule has 6 heteroatoms. The summed E-state index contributed by atoms with van der Waals surface area (Å²) in [6, 6.07) is 7.12. The molecular weight excluding hydrogens is 332 g/mol. The van der Waals surface area contributed by atoms with Gasteiger partial charge in [0.15, 0.2) is 0 Å². The molecule has 1 aliphatic rings. The SMILES string of the molecule is CC(C)(C)C(=O)NCC(=O)NC(CC1CCCc2ccccc21)C(=O)O. The first-order valence-corrected chi connectivity index (χ1v) is 9.06. The van der Waals surface area contributed by atoms with Gasteiger partial charge in [-0.15, -0.1) is 0 Å². The van der Waals surface area contributed by atoms with Crippen LogP contribution in [0.3, 0.4) is 0 Å². The Balaban J connectivity index is 1.97. The van der Waals surface area contributed by atoms with Crippen LogP contribution < -0.4 is 10.6 Å². The summed E-state index contributed by atoms with van der Waals surface area (Å²) in [7, 11) is 0. The number of carboxylic acids is 1. The van der Waals surface area contributed by atoms with Crippen molar-refractivity contribution in [1.82, 2.24) is 10.6 Å². The minimum absolute atomic E-state index is 0.116. The van der Waals surface area contributed by atoms with Gasteiger partial charge in [0.1, 0.15) is 6.04 Å². The first-order chi connectivity index (χ1) is 12.2. The number of rotatable bonds is 6. The minimum atomic E-state index is -1.05. The number of carboxylic acid groups (broad SMARTS) is 1. The summed E-state index contributed by atoms with van der Waals surface area (Å²) in [5.74, 6) is -1.67. The van der Waals surface area contributed by atoms with Crippen LogP contribution in [-0.4, -0.2) is 35.5 Å². The monoisotopic (exact) mass is 360 g/mol. The third-order valence-corrected chi connectivity index (χ3v) is 4.74. The van der Waals surface area contributed by atoms with Crippen LogP contribution in [-0.2, 0) is 20.8 Å². The number of benzene rings is 1. The van der Waals surface area contributed by atoms with Gasteiger partial charge in [-0.25, -0.2) is 4.79 Å². The lowest BCUT2D eigenvalue weighted by atomic mass is 9.79. The number of aliphatic carboxylic acids is 1. The van der Waals surface area contributed by atoms with Gasteiger partial charge in [-0.3, -0.25) is 9.59 Å².